The molecule has 6 nitrogen and oxygen atoms in total. The van der Waals surface area contributed by atoms with Crippen LogP contribution in [0.5, 0.6) is 5.75 Å². The maximum atomic E-state index is 12.9. The van der Waals surface area contributed by atoms with Crippen LogP contribution in [0.15, 0.2) is 48.5 Å². The van der Waals surface area contributed by atoms with Crippen LogP contribution < -0.4 is 15.4 Å². The molecular weight excluding hydrogens is 450 g/mol. The van der Waals surface area contributed by atoms with Crippen LogP contribution in [-0.2, 0) is 17.8 Å². The van der Waals surface area contributed by atoms with Gasteiger partial charge in [0.2, 0.25) is 5.91 Å². The number of nitrogens with zero attached hydrogens (tertiary/aromatic N) is 1. The Morgan fingerprint density at radius 3 is 2.61 bits per heavy atom. The third kappa shape index (κ3) is 6.47. The van der Waals surface area contributed by atoms with E-state index in [0.29, 0.717) is 12.3 Å². The molecule has 0 aromatic heterocycles. The summed E-state index contributed by atoms with van der Waals surface area (Å²) in [5.74, 6) is 1.39. The van der Waals surface area contributed by atoms with Gasteiger partial charge in [-0.1, -0.05) is 63.1 Å². The minimum absolute atomic E-state index is 0.0423. The number of likely N-dealkylation sites (tertiary alicyclic amines) is 1. The van der Waals surface area contributed by atoms with E-state index in [-0.39, 0.29) is 18.0 Å². The quantitative estimate of drug-likeness (QED) is 0.462. The molecule has 2 aliphatic rings. The zero-order chi connectivity index (χ0) is 25.7. The summed E-state index contributed by atoms with van der Waals surface area (Å²) in [7, 11) is 0. The van der Waals surface area contributed by atoms with Crippen molar-refractivity contribution in [3.05, 3.63) is 65.2 Å². The molecule has 0 radical (unpaired) electrons. The fraction of sp³-hybridized carbons (Fsp3) is 0.567. The van der Waals surface area contributed by atoms with Crippen LogP contribution in [-0.4, -0.2) is 53.3 Å². The molecule has 3 N–H and O–H groups in total. The second-order valence-electron chi connectivity index (χ2n) is 11.0. The predicted molar refractivity (Wildman–Crippen MR) is 144 cm³/mol. The summed E-state index contributed by atoms with van der Waals surface area (Å²) in [6, 6.07) is 16.4. The number of benzene rings is 2. The van der Waals surface area contributed by atoms with Gasteiger partial charge in [0.05, 0.1) is 12.5 Å². The first-order valence-electron chi connectivity index (χ1n) is 13.6. The first-order chi connectivity index (χ1) is 17.3. The van der Waals surface area contributed by atoms with Gasteiger partial charge in [0.25, 0.3) is 0 Å². The molecule has 1 fully saturated rings. The maximum Gasteiger partial charge on any atom is 0.224 e. The van der Waals surface area contributed by atoms with E-state index < -0.39 is 11.7 Å². The Morgan fingerprint density at radius 1 is 1.14 bits per heavy atom. The summed E-state index contributed by atoms with van der Waals surface area (Å²) in [5.41, 5.74) is 2.49. The lowest BCUT2D eigenvalue weighted by Crippen LogP contribution is -2.53. The van der Waals surface area contributed by atoms with E-state index in [1.54, 1.807) is 0 Å². The lowest BCUT2D eigenvalue weighted by Gasteiger charge is -2.43. The first-order valence-corrected chi connectivity index (χ1v) is 13.6. The molecule has 2 aromatic rings. The van der Waals surface area contributed by atoms with Crippen LogP contribution in [0.2, 0.25) is 0 Å². The van der Waals surface area contributed by atoms with Crippen molar-refractivity contribution in [3.8, 4) is 5.75 Å². The number of hydrogen-bond acceptors (Lipinski definition) is 5. The zero-order valence-corrected chi connectivity index (χ0v) is 22.3. The smallest absolute Gasteiger partial charge is 0.224 e. The number of aliphatic hydroxyl groups is 1. The summed E-state index contributed by atoms with van der Waals surface area (Å²) < 4.78 is 6.15. The molecule has 2 aromatic carbocycles. The molecule has 196 valence electrons. The van der Waals surface area contributed by atoms with E-state index in [9.17, 15) is 9.90 Å². The summed E-state index contributed by atoms with van der Waals surface area (Å²) in [6.07, 6.45) is 2.81. The Balaban J connectivity index is 1.38. The molecule has 0 saturated carbocycles. The molecule has 1 amide bonds. The SMILES string of the molecule is CCC(CC)CN[C@@H]1c2cc(CC(=O)NC3CCN(Cc4ccccc4)C3)ccc2OC(C)(C)[C@H]1O. The van der Waals surface area contributed by atoms with Crippen LogP contribution in [0.25, 0.3) is 0 Å². The average molecular weight is 494 g/mol. The first kappa shape index (κ1) is 26.6. The largest absolute Gasteiger partial charge is 0.485 e. The highest BCUT2D eigenvalue weighted by Gasteiger charge is 2.43. The van der Waals surface area contributed by atoms with Crippen LogP contribution in [0.4, 0.5) is 0 Å². The summed E-state index contributed by atoms with van der Waals surface area (Å²) in [5, 5.41) is 18.0. The number of nitrogens with one attached hydrogen (secondary N) is 2. The van der Waals surface area contributed by atoms with Crippen LogP contribution >= 0.6 is 0 Å². The number of aliphatic hydroxyl groups excluding tert-OH is 1. The van der Waals surface area contributed by atoms with Gasteiger partial charge in [0.1, 0.15) is 17.5 Å². The van der Waals surface area contributed by atoms with E-state index in [1.165, 1.54) is 5.56 Å². The molecule has 2 aliphatic heterocycles. The number of rotatable bonds is 10. The number of carbonyl (C=O) groups excluding carboxylic acids is 1. The Labute approximate surface area is 216 Å². The van der Waals surface area contributed by atoms with Crippen molar-refractivity contribution < 1.29 is 14.6 Å². The molecule has 4 rings (SSSR count). The molecule has 0 bridgehead atoms. The topological polar surface area (TPSA) is 73.8 Å². The molecule has 2 heterocycles. The van der Waals surface area contributed by atoms with Crippen molar-refractivity contribution in [2.45, 2.75) is 83.7 Å². The van der Waals surface area contributed by atoms with Gasteiger partial charge in [-0.2, -0.15) is 0 Å². The number of amides is 1. The van der Waals surface area contributed by atoms with Crippen molar-refractivity contribution >= 4 is 5.91 Å². The van der Waals surface area contributed by atoms with Gasteiger partial charge in [-0.3, -0.25) is 9.69 Å². The Bertz CT molecular complexity index is 1010. The highest BCUT2D eigenvalue weighted by atomic mass is 16.5. The van der Waals surface area contributed by atoms with E-state index in [2.05, 4.69) is 53.6 Å². The fourth-order valence-electron chi connectivity index (χ4n) is 5.45. The lowest BCUT2D eigenvalue weighted by atomic mass is 9.85. The summed E-state index contributed by atoms with van der Waals surface area (Å²) in [4.78, 5) is 15.3. The standard InChI is InChI=1S/C30H43N3O3/c1-5-21(6-2)18-31-28-25-16-23(12-13-26(25)36-30(3,4)29(28)35)17-27(34)32-24-14-15-33(20-24)19-22-10-8-7-9-11-22/h7-13,16,21,24,28-29,31,35H,5-6,14-15,17-20H2,1-4H3,(H,32,34)/t24?,28-,29+/m1/s1. The summed E-state index contributed by atoms with van der Waals surface area (Å²) >= 11 is 0. The second-order valence-corrected chi connectivity index (χ2v) is 11.0. The maximum absolute atomic E-state index is 12.9. The highest BCUT2D eigenvalue weighted by Crippen LogP contribution is 2.40. The van der Waals surface area contributed by atoms with Gasteiger partial charge in [-0.25, -0.2) is 0 Å². The van der Waals surface area contributed by atoms with E-state index in [1.807, 2.05) is 38.1 Å². The van der Waals surface area contributed by atoms with Crippen molar-refractivity contribution in [2.75, 3.05) is 19.6 Å². The van der Waals surface area contributed by atoms with Gasteiger partial charge in [-0.05, 0) is 56.0 Å². The average Bonchev–Trinajstić information content (AvgIpc) is 3.29. The Kier molecular flexibility index (Phi) is 8.70. The number of carbonyl (C=O) groups is 1. The number of ether oxygens (including phenoxy) is 1. The Morgan fingerprint density at radius 2 is 1.89 bits per heavy atom. The third-order valence-electron chi connectivity index (χ3n) is 7.84. The van der Waals surface area contributed by atoms with Crippen molar-refractivity contribution in [1.29, 1.82) is 0 Å². The minimum Gasteiger partial charge on any atom is -0.485 e. The lowest BCUT2D eigenvalue weighted by molar-refractivity contribution is -0.121. The molecule has 0 aliphatic carbocycles. The van der Waals surface area contributed by atoms with Crippen molar-refractivity contribution in [1.82, 2.24) is 15.5 Å². The molecule has 6 heteroatoms. The summed E-state index contributed by atoms with van der Waals surface area (Å²) in [6.45, 7) is 11.9. The molecule has 3 atom stereocenters. The second kappa shape index (κ2) is 11.8. The molecule has 1 unspecified atom stereocenters. The molecule has 0 spiro atoms. The van der Waals surface area contributed by atoms with Crippen molar-refractivity contribution in [3.63, 3.8) is 0 Å². The monoisotopic (exact) mass is 493 g/mol. The van der Waals surface area contributed by atoms with Gasteiger partial charge in [0.15, 0.2) is 0 Å². The molecular formula is C30H43N3O3. The normalized spacial score (nSPS) is 23.3. The number of hydrogen-bond donors (Lipinski definition) is 3. The zero-order valence-electron chi connectivity index (χ0n) is 22.3. The fourth-order valence-corrected chi connectivity index (χ4v) is 5.45. The molecule has 1 saturated heterocycles. The van der Waals surface area contributed by atoms with E-state index in [4.69, 9.17) is 4.74 Å². The van der Waals surface area contributed by atoms with E-state index in [0.717, 1.165) is 62.3 Å². The minimum atomic E-state index is -0.689. The highest BCUT2D eigenvalue weighted by molar-refractivity contribution is 5.79. The van der Waals surface area contributed by atoms with Crippen LogP contribution in [0.1, 0.15) is 69.7 Å². The van der Waals surface area contributed by atoms with Crippen molar-refractivity contribution in [2.24, 2.45) is 5.92 Å². The third-order valence-corrected chi connectivity index (χ3v) is 7.84. The van der Waals surface area contributed by atoms with Gasteiger partial charge in [0, 0.05) is 31.2 Å². The molecule has 36 heavy (non-hydrogen) atoms. The Hall–Kier alpha value is -2.41. The van der Waals surface area contributed by atoms with Gasteiger partial charge in [-0.15, -0.1) is 0 Å². The van der Waals surface area contributed by atoms with Gasteiger partial charge >= 0.3 is 0 Å². The van der Waals surface area contributed by atoms with Crippen LogP contribution in [0.3, 0.4) is 0 Å². The van der Waals surface area contributed by atoms with Crippen LogP contribution in [0, 0.1) is 5.92 Å². The predicted octanol–water partition coefficient (Wildman–Crippen LogP) is 4.22. The van der Waals surface area contributed by atoms with E-state index >= 15 is 0 Å². The number of fused-ring (bicyclic) bond motifs is 1. The van der Waals surface area contributed by atoms with Gasteiger partial charge < -0.3 is 20.5 Å².